The number of nitrogens with zero attached hydrogens (tertiary/aromatic N) is 1. The van der Waals surface area contributed by atoms with E-state index in [2.05, 4.69) is 15.0 Å². The number of carboxylic acids is 1. The molecule has 0 saturated heterocycles. The van der Waals surface area contributed by atoms with Gasteiger partial charge < -0.3 is 24.9 Å². The highest BCUT2D eigenvalue weighted by Crippen LogP contribution is 2.35. The number of aliphatic carboxylic acids is 1. The van der Waals surface area contributed by atoms with Crippen LogP contribution in [-0.2, 0) is 16.8 Å². The number of benzene rings is 3. The summed E-state index contributed by atoms with van der Waals surface area (Å²) in [5.41, 5.74) is 2.64. The minimum atomic E-state index is -1.38. The van der Waals surface area contributed by atoms with E-state index in [0.717, 1.165) is 10.9 Å². The SMILES string of the molecule is Cc1c(Oc2cccc(-c3ncc(C(C)(O)c4cccc(CCC(=O)O)c4)[nH]3)c2)c(F)cc2[nH]ccc12. The van der Waals surface area contributed by atoms with Crippen molar-refractivity contribution in [2.75, 3.05) is 0 Å². The number of nitrogens with one attached hydrogen (secondary N) is 2. The van der Waals surface area contributed by atoms with E-state index in [-0.39, 0.29) is 12.2 Å². The van der Waals surface area contributed by atoms with E-state index in [0.29, 0.717) is 45.9 Å². The van der Waals surface area contributed by atoms with Crippen LogP contribution in [0.15, 0.2) is 73.1 Å². The quantitative estimate of drug-likeness (QED) is 0.207. The number of aryl methyl sites for hydroxylation is 2. The number of carbonyl (C=O) groups is 1. The summed E-state index contributed by atoms with van der Waals surface area (Å²) >= 11 is 0. The van der Waals surface area contributed by atoms with Crippen molar-refractivity contribution in [2.45, 2.75) is 32.3 Å². The smallest absolute Gasteiger partial charge is 0.303 e. The zero-order valence-electron chi connectivity index (χ0n) is 20.4. The number of aromatic nitrogens is 3. The lowest BCUT2D eigenvalue weighted by molar-refractivity contribution is -0.136. The van der Waals surface area contributed by atoms with Gasteiger partial charge in [0.2, 0.25) is 0 Å². The van der Waals surface area contributed by atoms with E-state index in [4.69, 9.17) is 9.84 Å². The molecular weight excluding hydrogens is 473 g/mol. The fraction of sp³-hybridized carbons (Fsp3) is 0.172. The molecule has 0 spiro atoms. The lowest BCUT2D eigenvalue weighted by Gasteiger charge is -2.23. The topological polar surface area (TPSA) is 111 Å². The van der Waals surface area contributed by atoms with E-state index < -0.39 is 17.4 Å². The van der Waals surface area contributed by atoms with Crippen LogP contribution in [0.3, 0.4) is 0 Å². The number of hydrogen-bond acceptors (Lipinski definition) is 4. The van der Waals surface area contributed by atoms with Gasteiger partial charge in [-0.05, 0) is 49.6 Å². The molecule has 1 unspecified atom stereocenters. The molecule has 0 fully saturated rings. The number of aromatic amines is 2. The van der Waals surface area contributed by atoms with Crippen molar-refractivity contribution < 1.29 is 24.1 Å². The molecule has 2 heterocycles. The monoisotopic (exact) mass is 499 g/mol. The molecule has 0 aliphatic heterocycles. The number of H-pyrrole nitrogens is 2. The van der Waals surface area contributed by atoms with Gasteiger partial charge in [-0.25, -0.2) is 9.37 Å². The van der Waals surface area contributed by atoms with Gasteiger partial charge in [-0.1, -0.05) is 36.4 Å². The van der Waals surface area contributed by atoms with Gasteiger partial charge in [-0.2, -0.15) is 0 Å². The summed E-state index contributed by atoms with van der Waals surface area (Å²) in [5, 5.41) is 21.2. The van der Waals surface area contributed by atoms with E-state index in [1.54, 1.807) is 55.7 Å². The Hall–Kier alpha value is -4.43. The maximum Gasteiger partial charge on any atom is 0.303 e. The summed E-state index contributed by atoms with van der Waals surface area (Å²) in [5.74, 6) is -0.203. The lowest BCUT2D eigenvalue weighted by Crippen LogP contribution is -2.23. The first kappa shape index (κ1) is 24.3. The Morgan fingerprint density at radius 3 is 2.76 bits per heavy atom. The highest BCUT2D eigenvalue weighted by Gasteiger charge is 2.28. The zero-order valence-corrected chi connectivity index (χ0v) is 20.4. The second-order valence-corrected chi connectivity index (χ2v) is 9.19. The van der Waals surface area contributed by atoms with Gasteiger partial charge in [-0.3, -0.25) is 4.79 Å². The van der Waals surface area contributed by atoms with Crippen molar-refractivity contribution in [2.24, 2.45) is 0 Å². The van der Waals surface area contributed by atoms with Crippen LogP contribution in [0.2, 0.25) is 0 Å². The first-order valence-corrected chi connectivity index (χ1v) is 11.9. The molecule has 0 amide bonds. The number of hydrogen-bond donors (Lipinski definition) is 4. The molecule has 5 rings (SSSR count). The van der Waals surface area contributed by atoms with Crippen LogP contribution in [0.4, 0.5) is 4.39 Å². The first-order chi connectivity index (χ1) is 17.7. The predicted molar refractivity (Wildman–Crippen MR) is 138 cm³/mol. The average Bonchev–Trinajstić information content (AvgIpc) is 3.56. The molecule has 0 aliphatic rings. The largest absolute Gasteiger partial charge is 0.481 e. The van der Waals surface area contributed by atoms with Gasteiger partial charge in [0.1, 0.15) is 17.2 Å². The van der Waals surface area contributed by atoms with Gasteiger partial charge in [0.25, 0.3) is 0 Å². The highest BCUT2D eigenvalue weighted by molar-refractivity contribution is 5.85. The summed E-state index contributed by atoms with van der Waals surface area (Å²) in [6, 6.07) is 17.7. The van der Waals surface area contributed by atoms with Gasteiger partial charge in [0, 0.05) is 40.7 Å². The molecule has 3 aromatic carbocycles. The third-order valence-electron chi connectivity index (χ3n) is 6.56. The van der Waals surface area contributed by atoms with Crippen LogP contribution in [0.5, 0.6) is 11.5 Å². The van der Waals surface area contributed by atoms with Gasteiger partial charge in [0.15, 0.2) is 11.6 Å². The Balaban J connectivity index is 1.40. The van der Waals surface area contributed by atoms with E-state index >= 15 is 0 Å². The van der Waals surface area contributed by atoms with Gasteiger partial charge >= 0.3 is 5.97 Å². The third-order valence-corrected chi connectivity index (χ3v) is 6.56. The van der Waals surface area contributed by atoms with Crippen molar-refractivity contribution >= 4 is 16.9 Å². The molecular formula is C29H26FN3O4. The van der Waals surface area contributed by atoms with Crippen LogP contribution in [0, 0.1) is 12.7 Å². The van der Waals surface area contributed by atoms with Crippen LogP contribution >= 0.6 is 0 Å². The summed E-state index contributed by atoms with van der Waals surface area (Å²) in [6.07, 6.45) is 3.71. The first-order valence-electron chi connectivity index (χ1n) is 11.9. The zero-order chi connectivity index (χ0) is 26.2. The molecule has 7 nitrogen and oxygen atoms in total. The second kappa shape index (κ2) is 9.55. The highest BCUT2D eigenvalue weighted by atomic mass is 19.1. The Morgan fingerprint density at radius 1 is 1.14 bits per heavy atom. The predicted octanol–water partition coefficient (Wildman–Crippen LogP) is 6.07. The fourth-order valence-electron chi connectivity index (χ4n) is 4.42. The van der Waals surface area contributed by atoms with Crippen molar-refractivity contribution in [3.05, 3.63) is 101 Å². The molecule has 0 radical (unpaired) electrons. The number of halogens is 1. The van der Waals surface area contributed by atoms with Gasteiger partial charge in [-0.15, -0.1) is 0 Å². The Kier molecular flexibility index (Phi) is 6.27. The lowest BCUT2D eigenvalue weighted by atomic mass is 9.91. The molecule has 0 aliphatic carbocycles. The molecule has 37 heavy (non-hydrogen) atoms. The molecule has 8 heteroatoms. The summed E-state index contributed by atoms with van der Waals surface area (Å²) in [7, 11) is 0. The van der Waals surface area contributed by atoms with Gasteiger partial charge in [0.05, 0.1) is 11.9 Å². The maximum atomic E-state index is 14.8. The van der Waals surface area contributed by atoms with Crippen LogP contribution in [0.1, 0.15) is 35.7 Å². The summed E-state index contributed by atoms with van der Waals surface area (Å²) in [6.45, 7) is 3.47. The molecule has 4 N–H and O–H groups in total. The normalized spacial score (nSPS) is 13.0. The Morgan fingerprint density at radius 2 is 1.95 bits per heavy atom. The fourth-order valence-corrected chi connectivity index (χ4v) is 4.42. The standard InChI is InChI=1S/C29H26FN3O4/c1-17-22-11-12-31-24(22)15-23(30)27(17)37-21-8-4-6-19(14-21)28-32-16-25(33-28)29(2,36)20-7-3-5-18(13-20)9-10-26(34)35/h3-8,11-16,31,36H,9-10H2,1-2H3,(H,32,33)(H,34,35). The molecule has 2 aromatic heterocycles. The number of rotatable bonds is 8. The average molecular weight is 500 g/mol. The Labute approximate surface area is 212 Å². The summed E-state index contributed by atoms with van der Waals surface area (Å²) < 4.78 is 20.7. The minimum absolute atomic E-state index is 0.0146. The van der Waals surface area contributed by atoms with Crippen molar-refractivity contribution in [3.8, 4) is 22.9 Å². The van der Waals surface area contributed by atoms with Crippen molar-refractivity contribution in [1.29, 1.82) is 0 Å². The van der Waals surface area contributed by atoms with E-state index in [1.165, 1.54) is 6.07 Å². The number of imidazole rings is 1. The molecule has 188 valence electrons. The van der Waals surface area contributed by atoms with E-state index in [9.17, 15) is 14.3 Å². The molecule has 1 atom stereocenters. The number of fused-ring (bicyclic) bond motifs is 1. The maximum absolute atomic E-state index is 14.8. The van der Waals surface area contributed by atoms with E-state index in [1.807, 2.05) is 25.1 Å². The molecule has 0 saturated carbocycles. The number of aliphatic hydroxyl groups is 1. The second-order valence-electron chi connectivity index (χ2n) is 9.19. The molecule has 5 aromatic rings. The molecule has 0 bridgehead atoms. The van der Waals surface area contributed by atoms with Crippen molar-refractivity contribution in [1.82, 2.24) is 15.0 Å². The van der Waals surface area contributed by atoms with Crippen LogP contribution in [0.25, 0.3) is 22.3 Å². The summed E-state index contributed by atoms with van der Waals surface area (Å²) in [4.78, 5) is 21.6. The van der Waals surface area contributed by atoms with Crippen LogP contribution < -0.4 is 4.74 Å². The van der Waals surface area contributed by atoms with Crippen LogP contribution in [-0.4, -0.2) is 31.1 Å². The third kappa shape index (κ3) is 4.83. The van der Waals surface area contributed by atoms with Crippen molar-refractivity contribution in [3.63, 3.8) is 0 Å². The number of ether oxygens (including phenoxy) is 1. The Bertz CT molecular complexity index is 1600. The number of carboxylic acid groups (broad SMARTS) is 1. The minimum Gasteiger partial charge on any atom is -0.481 e.